The summed E-state index contributed by atoms with van der Waals surface area (Å²) in [5, 5.41) is 24.7. The molecule has 0 bridgehead atoms. The first-order valence-corrected chi connectivity index (χ1v) is 53.9. The number of anilines is 8. The zero-order valence-corrected chi connectivity index (χ0v) is 87.6. The van der Waals surface area contributed by atoms with Crippen molar-refractivity contribution in [1.82, 2.24) is 53.2 Å². The first-order valence-electron chi connectivity index (χ1n) is 46.9. The molecule has 0 spiro atoms. The molecule has 1 aliphatic heterocycles. The number of para-hydroxylation sites is 9. The van der Waals surface area contributed by atoms with Crippen molar-refractivity contribution in [2.75, 3.05) is 15.1 Å². The van der Waals surface area contributed by atoms with E-state index in [1.165, 1.54) is 21.1 Å². The number of aromatic nitrogens is 11. The Hall–Kier alpha value is -16.0. The van der Waals surface area contributed by atoms with Gasteiger partial charge in [0.1, 0.15) is 22.8 Å². The van der Waals surface area contributed by atoms with E-state index in [9.17, 15) is 0 Å². The summed E-state index contributed by atoms with van der Waals surface area (Å²) in [5.41, 5.74) is 23.5. The maximum Gasteiger partial charge on any atom is 2.00 e. The number of pyridine rings is 4. The average molecular weight is 2440 g/mol. The van der Waals surface area contributed by atoms with Crippen LogP contribution in [0.4, 0.5) is 45.5 Å². The Morgan fingerprint density at radius 1 is 0.340 bits per heavy atom. The Kier molecular flexibility index (Phi) is 26.1. The van der Waals surface area contributed by atoms with Crippen LogP contribution >= 0.6 is 0 Å². The summed E-state index contributed by atoms with van der Waals surface area (Å²) >= 11 is 0. The van der Waals surface area contributed by atoms with Gasteiger partial charge in [-0.05, 0) is 152 Å². The van der Waals surface area contributed by atoms with E-state index in [1.54, 1.807) is 10.9 Å². The van der Waals surface area contributed by atoms with Crippen LogP contribution in [0.2, 0.25) is 39.3 Å². The molecule has 25 aromatic rings. The van der Waals surface area contributed by atoms with Gasteiger partial charge in [0.2, 0.25) is 0 Å². The van der Waals surface area contributed by atoms with Crippen LogP contribution in [0.5, 0.6) is 23.0 Å². The van der Waals surface area contributed by atoms with E-state index >= 15 is 0 Å². The quantitative estimate of drug-likeness (QED) is 0.0643. The van der Waals surface area contributed by atoms with Crippen LogP contribution in [-0.4, -0.2) is 69.3 Å². The van der Waals surface area contributed by atoms with Crippen LogP contribution in [0.3, 0.4) is 0 Å². The maximum atomic E-state index is 6.32. The number of nitrogens with one attached hydrogen (secondary N) is 1. The van der Waals surface area contributed by atoms with Crippen molar-refractivity contribution in [3.8, 4) is 85.3 Å². The number of hydrogen-bond donors (Lipinski definition) is 1. The van der Waals surface area contributed by atoms with Gasteiger partial charge in [-0.2, -0.15) is 34.5 Å². The van der Waals surface area contributed by atoms with E-state index in [1.807, 2.05) is 194 Å². The number of hydrogen-bond acceptors (Lipinski definition) is 12. The molecule has 0 atom stereocenters. The van der Waals surface area contributed by atoms with Gasteiger partial charge in [0.25, 0.3) is 0 Å². The summed E-state index contributed by atoms with van der Waals surface area (Å²) in [6, 6.07) is 148. The van der Waals surface area contributed by atoms with Gasteiger partial charge in [0.05, 0.1) is 73.9 Å². The van der Waals surface area contributed by atoms with E-state index in [-0.39, 0.29) is 63.2 Å². The fraction of sp³-hybridized carbons (Fsp3) is 0.0492. The van der Waals surface area contributed by atoms with E-state index in [4.69, 9.17) is 33.9 Å². The zero-order valence-electron chi connectivity index (χ0n) is 78.8. The molecule has 15 aromatic carbocycles. The second kappa shape index (κ2) is 39.8. The molecule has 0 aliphatic carbocycles. The minimum Gasteiger partial charge on any atom is -0.509 e. The van der Waals surface area contributed by atoms with Gasteiger partial charge in [-0.15, -0.1) is 131 Å². The van der Waals surface area contributed by atoms with Crippen LogP contribution in [0.25, 0.3) is 150 Å². The topological polar surface area (TPSA) is 152 Å². The van der Waals surface area contributed by atoms with Gasteiger partial charge in [-0.1, -0.05) is 238 Å². The van der Waals surface area contributed by atoms with Gasteiger partial charge >= 0.3 is 63.2 Å². The third kappa shape index (κ3) is 18.1. The average Bonchev–Trinajstić information content (AvgIpc) is 1.59. The van der Waals surface area contributed by atoms with Crippen molar-refractivity contribution in [2.45, 2.75) is 39.3 Å². The van der Waals surface area contributed by atoms with Crippen LogP contribution in [0.1, 0.15) is 0 Å². The normalized spacial score (nSPS) is 11.6. The molecular weight excluding hydrogens is 2350 g/mol. The number of fused-ring (bicyclic) bond motifs is 14. The van der Waals surface area contributed by atoms with Gasteiger partial charge in [0, 0.05) is 86.5 Å². The van der Waals surface area contributed by atoms with Crippen molar-refractivity contribution in [1.29, 1.82) is 0 Å². The molecule has 11 heterocycles. The number of nitrogens with zero attached hydrogens (tertiary/aromatic N) is 13. The van der Waals surface area contributed by atoms with Gasteiger partial charge in [-0.3, -0.25) is 9.36 Å². The third-order valence-electron chi connectivity index (χ3n) is 25.8. The molecule has 144 heavy (non-hydrogen) atoms. The van der Waals surface area contributed by atoms with E-state index in [2.05, 4.69) is 339 Å². The molecule has 0 saturated carbocycles. The van der Waals surface area contributed by atoms with Crippen molar-refractivity contribution in [3.63, 3.8) is 0 Å². The molecule has 0 saturated heterocycles. The molecule has 1 N–H and O–H groups in total. The number of benzene rings is 15. The second-order valence-corrected chi connectivity index (χ2v) is 47.0. The van der Waals surface area contributed by atoms with E-state index in [0.717, 1.165) is 196 Å². The van der Waals surface area contributed by atoms with Gasteiger partial charge < -0.3 is 52.7 Å². The number of ether oxygens (including phenoxy) is 2. The van der Waals surface area contributed by atoms with Crippen LogP contribution in [-0.2, 0) is 63.2 Å². The molecule has 0 amide bonds. The van der Waals surface area contributed by atoms with Crippen molar-refractivity contribution >= 4 is 159 Å². The minimum absolute atomic E-state index is 0. The van der Waals surface area contributed by atoms with Crippen molar-refractivity contribution in [3.05, 3.63) is 456 Å². The molecule has 0 unspecified atom stereocenters. The molecule has 22 heteroatoms. The smallest absolute Gasteiger partial charge is 0.509 e. The monoisotopic (exact) mass is 2440 g/mol. The largest absolute Gasteiger partial charge is 2.00 e. The molecule has 0 radical (unpaired) electrons. The maximum absolute atomic E-state index is 6.32. The zero-order chi connectivity index (χ0) is 94.8. The van der Waals surface area contributed by atoms with Gasteiger partial charge in [0.15, 0.2) is 11.5 Å². The molecule has 17 nitrogen and oxygen atoms in total. The second-order valence-electron chi connectivity index (χ2n) is 36.8. The number of rotatable bonds is 18. The van der Waals surface area contributed by atoms with E-state index < -0.39 is 16.1 Å². The van der Waals surface area contributed by atoms with Gasteiger partial charge in [-0.25, -0.2) is 9.97 Å². The Bertz CT molecular complexity index is 8900. The molecule has 10 aromatic heterocycles. The predicted molar refractivity (Wildman–Crippen MR) is 576 cm³/mol. The Balaban J connectivity index is 0.000000126. The van der Waals surface area contributed by atoms with E-state index in [0.29, 0.717) is 11.5 Å². The van der Waals surface area contributed by atoms with Crippen LogP contribution in [0, 0.1) is 36.4 Å². The minimum atomic E-state index is -1.46. The SMILES string of the molecule is C[Si](C)(C)c1ccc(-c2[c-]c(N(c3[c-]c(-c4ccc([Si](C)(C)C)cn4)ccc3)c3cccc4oc5ccccc5c34)ccc2)nc1.[Pt+2].[Pt+2].[Pt+2].[c-]1c(N(c2[c-]c3c(cc2)c2ccccc2n3-c2ccccn2)c2ccccc2)cccc1-n1cc(-n2c3ccccc3c3ccccc32)cn1.[c-]1c(Oc2[c-]c3c(cc2)c2ccccc2n3-c2ccccn2)cccc1-n1cc(-c2cccc3c2Oc2ccccc2N3)cn1. The Labute approximate surface area is 877 Å². The van der Waals surface area contributed by atoms with Crippen LogP contribution < -0.4 is 35.0 Å². The first-order chi connectivity index (χ1) is 69.2. The summed E-state index contributed by atoms with van der Waals surface area (Å²) in [4.78, 5) is 23.5. The first kappa shape index (κ1) is 94.3. The molecule has 26 rings (SSSR count). The Morgan fingerprint density at radius 2 is 0.826 bits per heavy atom. The molecule has 0 fully saturated rings. The standard InChI is InChI=1S/C44H28N6.C40H37N3OSi2.C38H23N5O2.3Pt/c1-2-13-31(14-3-1)48(34-24-25-39-38-19-6-9-22-42(38)50(43(39)28-34)44-23-10-11-26-45-44)33-16-12-15-32(27-33)47-30-35(29-46-47)49-40-20-7-4-17-36(40)37-18-5-8-21-41(37)49;1-45(2,3)32-20-22-35(41-26-32)28-12-9-14-30(24-28)43(37-17-11-19-39-40(37)34-16-7-8-18-38(34)44-39)31-15-10-13-29(25-31)36-23-21-33(27-42-36)46(4,5)6;1-3-15-34-30(11-1)31-19-18-28(22-35(31)43(34)37-17-5-6-20-39-37)44-27-10-7-9-26(21-27)42-24-25(23-40-42)29-12-8-14-33-38(29)45-36-16-4-2-13-32(36)41-33;;;/h1-26,29-30H;7-23,26-27H,1-6H3;1-20,23-24,41H;;;/q3*-2;3*+2. The summed E-state index contributed by atoms with van der Waals surface area (Å²) in [6.07, 6.45) is 15.5. The summed E-state index contributed by atoms with van der Waals surface area (Å²) < 4.78 is 29.2. The third-order valence-corrected chi connectivity index (χ3v) is 29.8. The van der Waals surface area contributed by atoms with Crippen LogP contribution in [0.15, 0.2) is 424 Å². The fourth-order valence-corrected chi connectivity index (χ4v) is 20.9. The predicted octanol–water partition coefficient (Wildman–Crippen LogP) is 29.7. The molecule has 702 valence electrons. The molecule has 1 aliphatic rings. The molecular formula is C122H88N14O3Pt3Si2. The summed E-state index contributed by atoms with van der Waals surface area (Å²) in [7, 11) is -2.92. The summed E-state index contributed by atoms with van der Waals surface area (Å²) in [6.45, 7) is 14.1. The Morgan fingerprint density at radius 3 is 1.44 bits per heavy atom. The number of furan rings is 1. The fourth-order valence-electron chi connectivity index (χ4n) is 18.9. The summed E-state index contributed by atoms with van der Waals surface area (Å²) in [5.74, 6) is 4.37. The van der Waals surface area contributed by atoms with Crippen molar-refractivity contribution < 1.29 is 77.1 Å². The van der Waals surface area contributed by atoms with Crippen molar-refractivity contribution in [2.24, 2.45) is 0 Å².